The predicted molar refractivity (Wildman–Crippen MR) is 77.6 cm³/mol. The van der Waals surface area contributed by atoms with Crippen molar-refractivity contribution in [2.24, 2.45) is 5.41 Å². The summed E-state index contributed by atoms with van der Waals surface area (Å²) in [6, 6.07) is 4.51. The molecule has 104 valence electrons. The van der Waals surface area contributed by atoms with Crippen LogP contribution in [-0.4, -0.2) is 18.9 Å². The van der Waals surface area contributed by atoms with Gasteiger partial charge in [0.15, 0.2) is 0 Å². The summed E-state index contributed by atoms with van der Waals surface area (Å²) in [5, 5.41) is 3.28. The van der Waals surface area contributed by atoms with Gasteiger partial charge in [-0.2, -0.15) is 0 Å². The molecule has 2 nitrogen and oxygen atoms in total. The van der Waals surface area contributed by atoms with Crippen LogP contribution >= 0.6 is 15.9 Å². The van der Waals surface area contributed by atoms with Gasteiger partial charge in [0.25, 0.3) is 0 Å². The Labute approximate surface area is 121 Å². The SMILES string of the molecule is CCCC1(C(=O)Cc2cc(F)ccc2Br)CCNC1. The van der Waals surface area contributed by atoms with Crippen molar-refractivity contribution in [2.45, 2.75) is 32.6 Å². The van der Waals surface area contributed by atoms with Gasteiger partial charge < -0.3 is 5.32 Å². The molecule has 1 atom stereocenters. The van der Waals surface area contributed by atoms with Crippen molar-refractivity contribution < 1.29 is 9.18 Å². The molecule has 1 aliphatic heterocycles. The first-order valence-electron chi connectivity index (χ1n) is 6.75. The fraction of sp³-hybridized carbons (Fsp3) is 0.533. The van der Waals surface area contributed by atoms with E-state index >= 15 is 0 Å². The number of carbonyl (C=O) groups excluding carboxylic acids is 1. The van der Waals surface area contributed by atoms with E-state index in [2.05, 4.69) is 28.2 Å². The summed E-state index contributed by atoms with van der Waals surface area (Å²) in [7, 11) is 0. The molecule has 2 rings (SSSR count). The lowest BCUT2D eigenvalue weighted by Crippen LogP contribution is -2.34. The minimum absolute atomic E-state index is 0.227. The lowest BCUT2D eigenvalue weighted by molar-refractivity contribution is -0.127. The average Bonchev–Trinajstić information content (AvgIpc) is 2.84. The Morgan fingerprint density at radius 1 is 1.53 bits per heavy atom. The minimum Gasteiger partial charge on any atom is -0.316 e. The molecular weight excluding hydrogens is 309 g/mol. The van der Waals surface area contributed by atoms with Crippen molar-refractivity contribution in [2.75, 3.05) is 13.1 Å². The first-order chi connectivity index (χ1) is 9.07. The number of ketones is 1. The lowest BCUT2D eigenvalue weighted by Gasteiger charge is -2.26. The summed E-state index contributed by atoms with van der Waals surface area (Å²) in [5.41, 5.74) is 0.493. The summed E-state index contributed by atoms with van der Waals surface area (Å²) in [4.78, 5) is 12.6. The van der Waals surface area contributed by atoms with Gasteiger partial charge in [-0.3, -0.25) is 4.79 Å². The molecule has 19 heavy (non-hydrogen) atoms. The van der Waals surface area contributed by atoms with Crippen molar-refractivity contribution in [3.63, 3.8) is 0 Å². The molecule has 0 spiro atoms. The lowest BCUT2D eigenvalue weighted by atomic mass is 9.76. The zero-order valence-corrected chi connectivity index (χ0v) is 12.7. The van der Waals surface area contributed by atoms with Crippen LogP contribution in [0.1, 0.15) is 31.7 Å². The van der Waals surface area contributed by atoms with Crippen LogP contribution in [0.2, 0.25) is 0 Å². The number of nitrogens with one attached hydrogen (secondary N) is 1. The van der Waals surface area contributed by atoms with Crippen molar-refractivity contribution in [3.8, 4) is 0 Å². The van der Waals surface area contributed by atoms with E-state index in [9.17, 15) is 9.18 Å². The van der Waals surface area contributed by atoms with Crippen LogP contribution in [0.25, 0.3) is 0 Å². The second-order valence-electron chi connectivity index (χ2n) is 5.29. The van der Waals surface area contributed by atoms with E-state index in [0.29, 0.717) is 6.42 Å². The third-order valence-electron chi connectivity index (χ3n) is 3.92. The zero-order valence-electron chi connectivity index (χ0n) is 11.1. The summed E-state index contributed by atoms with van der Waals surface area (Å²) in [5.74, 6) is -0.0641. The molecule has 1 aliphatic rings. The molecule has 0 bridgehead atoms. The quantitative estimate of drug-likeness (QED) is 0.897. The molecule has 1 aromatic carbocycles. The monoisotopic (exact) mass is 327 g/mol. The maximum absolute atomic E-state index is 13.3. The molecule has 0 saturated carbocycles. The maximum atomic E-state index is 13.3. The standard InChI is InChI=1S/C15H19BrFNO/c1-2-5-15(6-7-18-10-15)14(19)9-11-8-12(17)3-4-13(11)16/h3-4,8,18H,2,5-7,9-10H2,1H3. The highest BCUT2D eigenvalue weighted by Crippen LogP contribution is 2.34. The van der Waals surface area contributed by atoms with Gasteiger partial charge >= 0.3 is 0 Å². The van der Waals surface area contributed by atoms with Crippen LogP contribution in [0.15, 0.2) is 22.7 Å². The summed E-state index contributed by atoms with van der Waals surface area (Å²) in [6.45, 7) is 3.76. The molecule has 1 aromatic rings. The molecule has 1 saturated heterocycles. The first-order valence-corrected chi connectivity index (χ1v) is 7.55. The molecule has 1 fully saturated rings. The molecule has 1 N–H and O–H groups in total. The molecule has 0 aliphatic carbocycles. The fourth-order valence-electron chi connectivity index (χ4n) is 2.85. The Morgan fingerprint density at radius 2 is 2.32 bits per heavy atom. The van der Waals surface area contributed by atoms with E-state index in [1.807, 2.05) is 0 Å². The van der Waals surface area contributed by atoms with Crippen LogP contribution in [-0.2, 0) is 11.2 Å². The molecule has 4 heteroatoms. The number of hydrogen-bond acceptors (Lipinski definition) is 2. The van der Waals surface area contributed by atoms with E-state index in [-0.39, 0.29) is 17.0 Å². The highest BCUT2D eigenvalue weighted by molar-refractivity contribution is 9.10. The number of Topliss-reactive ketones (excluding diaryl/α,β-unsaturated/α-hetero) is 1. The summed E-state index contributed by atoms with van der Waals surface area (Å²) in [6.07, 6.45) is 3.11. The van der Waals surface area contributed by atoms with Crippen LogP contribution in [0, 0.1) is 11.2 Å². The maximum Gasteiger partial charge on any atom is 0.144 e. The molecule has 1 heterocycles. The molecule has 0 amide bonds. The first kappa shape index (κ1) is 14.7. The fourth-order valence-corrected chi connectivity index (χ4v) is 3.24. The van der Waals surface area contributed by atoms with Crippen molar-refractivity contribution in [1.29, 1.82) is 0 Å². The average molecular weight is 328 g/mol. The number of carbonyl (C=O) groups is 1. The predicted octanol–water partition coefficient (Wildman–Crippen LogP) is 3.48. The Morgan fingerprint density at radius 3 is 2.95 bits per heavy atom. The second-order valence-corrected chi connectivity index (χ2v) is 6.15. The Balaban J connectivity index is 2.17. The van der Waals surface area contributed by atoms with Crippen LogP contribution in [0.4, 0.5) is 4.39 Å². The van der Waals surface area contributed by atoms with Gasteiger partial charge in [-0.05, 0) is 43.1 Å². The zero-order chi connectivity index (χ0) is 13.9. The highest BCUT2D eigenvalue weighted by Gasteiger charge is 2.39. The van der Waals surface area contributed by atoms with E-state index in [4.69, 9.17) is 0 Å². The molecule has 0 aromatic heterocycles. The summed E-state index contributed by atoms with van der Waals surface area (Å²) >= 11 is 3.39. The van der Waals surface area contributed by atoms with Gasteiger partial charge in [0, 0.05) is 22.9 Å². The van der Waals surface area contributed by atoms with Crippen LogP contribution < -0.4 is 5.32 Å². The van der Waals surface area contributed by atoms with E-state index in [1.165, 1.54) is 12.1 Å². The van der Waals surface area contributed by atoms with E-state index in [1.54, 1.807) is 6.07 Å². The van der Waals surface area contributed by atoms with Crippen LogP contribution in [0.3, 0.4) is 0 Å². The second kappa shape index (κ2) is 6.14. The van der Waals surface area contributed by atoms with Gasteiger partial charge in [-0.15, -0.1) is 0 Å². The Kier molecular flexibility index (Phi) is 4.74. The van der Waals surface area contributed by atoms with Gasteiger partial charge in [0.1, 0.15) is 11.6 Å². The van der Waals surface area contributed by atoms with Crippen molar-refractivity contribution in [1.82, 2.24) is 5.32 Å². The largest absolute Gasteiger partial charge is 0.316 e. The molecule has 0 radical (unpaired) electrons. The van der Waals surface area contributed by atoms with Gasteiger partial charge in [-0.1, -0.05) is 29.3 Å². The topological polar surface area (TPSA) is 29.1 Å². The van der Waals surface area contributed by atoms with Crippen LogP contribution in [0.5, 0.6) is 0 Å². The van der Waals surface area contributed by atoms with E-state index < -0.39 is 0 Å². The van der Waals surface area contributed by atoms with Gasteiger partial charge in [0.05, 0.1) is 0 Å². The Bertz CT molecular complexity index is 469. The molecular formula is C15H19BrFNO. The smallest absolute Gasteiger partial charge is 0.144 e. The third-order valence-corrected chi connectivity index (χ3v) is 4.70. The van der Waals surface area contributed by atoms with Crippen molar-refractivity contribution in [3.05, 3.63) is 34.1 Å². The third kappa shape index (κ3) is 3.23. The number of hydrogen-bond donors (Lipinski definition) is 1. The molecule has 1 unspecified atom stereocenters. The number of halogens is 2. The highest BCUT2D eigenvalue weighted by atomic mass is 79.9. The summed E-state index contributed by atoms with van der Waals surface area (Å²) < 4.78 is 14.1. The minimum atomic E-state index is -0.292. The number of benzene rings is 1. The number of rotatable bonds is 5. The van der Waals surface area contributed by atoms with Crippen molar-refractivity contribution >= 4 is 21.7 Å². The van der Waals surface area contributed by atoms with Gasteiger partial charge in [-0.25, -0.2) is 4.39 Å². The normalized spacial score (nSPS) is 22.7. The van der Waals surface area contributed by atoms with E-state index in [0.717, 1.165) is 42.4 Å². The van der Waals surface area contributed by atoms with Gasteiger partial charge in [0.2, 0.25) is 0 Å². The Hall–Kier alpha value is -0.740.